The molecular weight excluding hydrogens is 444 g/mol. The lowest BCUT2D eigenvalue weighted by Crippen LogP contribution is -2.45. The highest BCUT2D eigenvalue weighted by atomic mass is 79.9. The zero-order valence-electron chi connectivity index (χ0n) is 18.1. The van der Waals surface area contributed by atoms with Gasteiger partial charge in [0, 0.05) is 17.0 Å². The molecular formula is C24H35BrN2OS. The third kappa shape index (κ3) is 5.42. The molecule has 29 heavy (non-hydrogen) atoms. The normalized spacial score (nSPS) is 22.9. The van der Waals surface area contributed by atoms with Gasteiger partial charge < -0.3 is 5.32 Å². The number of halogens is 1. The van der Waals surface area contributed by atoms with Crippen molar-refractivity contribution < 1.29 is 4.79 Å². The monoisotopic (exact) mass is 478 g/mol. The summed E-state index contributed by atoms with van der Waals surface area (Å²) in [4.78, 5) is 16.3. The molecule has 1 aromatic heterocycles. The first kappa shape index (κ1) is 22.8. The van der Waals surface area contributed by atoms with Crippen LogP contribution in [-0.4, -0.2) is 36.0 Å². The van der Waals surface area contributed by atoms with Crippen molar-refractivity contribution in [2.45, 2.75) is 89.8 Å². The Morgan fingerprint density at radius 3 is 2.66 bits per heavy atom. The minimum absolute atomic E-state index is 0.0792. The standard InChI is InChI=1S/C24H35BrN2OS/c1-5-6-7-8-9-10-11-17(3)27(4)20-15-18-19(14-16(20)2)26-24(28)23(18)21-12-13-22(25)29-21/h12-13,17,19-20H,2,5-11,14-15H2,1,3-4H3,(H,26,28). The van der Waals surface area contributed by atoms with Crippen LogP contribution in [0.25, 0.3) is 5.57 Å². The van der Waals surface area contributed by atoms with Crippen molar-refractivity contribution in [2.24, 2.45) is 0 Å². The van der Waals surface area contributed by atoms with Gasteiger partial charge in [0.25, 0.3) is 5.91 Å². The minimum atomic E-state index is 0.0792. The predicted molar refractivity (Wildman–Crippen MR) is 128 cm³/mol. The summed E-state index contributed by atoms with van der Waals surface area (Å²) in [5.41, 5.74) is 3.44. The average molecular weight is 480 g/mol. The van der Waals surface area contributed by atoms with E-state index < -0.39 is 0 Å². The Kier molecular flexibility index (Phi) is 8.17. The van der Waals surface area contributed by atoms with Crippen LogP contribution >= 0.6 is 27.3 Å². The first-order valence-electron chi connectivity index (χ1n) is 11.1. The number of likely N-dealkylation sites (N-methyl/N-ethyl adjacent to an activating group) is 1. The van der Waals surface area contributed by atoms with Crippen molar-refractivity contribution in [2.75, 3.05) is 7.05 Å². The number of thiophene rings is 1. The first-order valence-corrected chi connectivity index (χ1v) is 12.7. The second-order valence-electron chi connectivity index (χ2n) is 8.68. The number of carbonyl (C=O) groups is 1. The molecule has 1 fully saturated rings. The molecule has 160 valence electrons. The third-order valence-electron chi connectivity index (χ3n) is 6.61. The fraction of sp³-hybridized carbons (Fsp3) is 0.625. The molecule has 2 heterocycles. The van der Waals surface area contributed by atoms with Gasteiger partial charge in [-0.15, -0.1) is 11.3 Å². The Bertz CT molecular complexity index is 769. The maximum atomic E-state index is 12.7. The van der Waals surface area contributed by atoms with E-state index in [2.05, 4.69) is 59.7 Å². The Hall–Kier alpha value is -0.910. The fourth-order valence-corrected chi connectivity index (χ4v) is 6.15. The molecule has 3 nitrogen and oxygen atoms in total. The van der Waals surface area contributed by atoms with Crippen molar-refractivity contribution >= 4 is 38.7 Å². The van der Waals surface area contributed by atoms with Crippen LogP contribution < -0.4 is 5.32 Å². The summed E-state index contributed by atoms with van der Waals surface area (Å²) < 4.78 is 1.07. The van der Waals surface area contributed by atoms with Crippen LogP contribution in [0.2, 0.25) is 0 Å². The van der Waals surface area contributed by atoms with Gasteiger partial charge in [0.1, 0.15) is 0 Å². The third-order valence-corrected chi connectivity index (χ3v) is 8.25. The lowest BCUT2D eigenvalue weighted by atomic mass is 9.81. The molecule has 0 spiro atoms. The lowest BCUT2D eigenvalue weighted by molar-refractivity contribution is -0.115. The Morgan fingerprint density at radius 2 is 1.97 bits per heavy atom. The van der Waals surface area contributed by atoms with E-state index >= 15 is 0 Å². The highest BCUT2D eigenvalue weighted by Crippen LogP contribution is 2.41. The molecule has 1 aliphatic carbocycles. The van der Waals surface area contributed by atoms with E-state index in [1.165, 1.54) is 56.1 Å². The highest BCUT2D eigenvalue weighted by Gasteiger charge is 2.40. The van der Waals surface area contributed by atoms with E-state index in [4.69, 9.17) is 0 Å². The van der Waals surface area contributed by atoms with Crippen LogP contribution in [0.15, 0.2) is 33.6 Å². The molecule has 2 aliphatic rings. The molecule has 3 unspecified atom stereocenters. The molecule has 5 heteroatoms. The highest BCUT2D eigenvalue weighted by molar-refractivity contribution is 9.11. The summed E-state index contributed by atoms with van der Waals surface area (Å²) in [6, 6.07) is 5.07. The topological polar surface area (TPSA) is 32.3 Å². The molecule has 0 saturated heterocycles. The van der Waals surface area contributed by atoms with Gasteiger partial charge in [-0.05, 0) is 66.9 Å². The molecule has 1 aromatic rings. The predicted octanol–water partition coefficient (Wildman–Crippen LogP) is 6.55. The minimum Gasteiger partial charge on any atom is -0.345 e. The summed E-state index contributed by atoms with van der Waals surface area (Å²) in [5.74, 6) is 0.0792. The number of nitrogens with zero attached hydrogens (tertiary/aromatic N) is 1. The SMILES string of the molecule is C=C1CC2NC(=O)C(c3ccc(Br)s3)=C2CC1N(C)C(C)CCCCCCCC. The maximum Gasteiger partial charge on any atom is 0.253 e. The number of nitrogens with one attached hydrogen (secondary N) is 1. The second-order valence-corrected chi connectivity index (χ2v) is 11.1. The lowest BCUT2D eigenvalue weighted by Gasteiger charge is -2.39. The van der Waals surface area contributed by atoms with E-state index in [1.54, 1.807) is 11.3 Å². The van der Waals surface area contributed by atoms with Gasteiger partial charge in [-0.1, -0.05) is 57.6 Å². The van der Waals surface area contributed by atoms with E-state index in [9.17, 15) is 4.79 Å². The van der Waals surface area contributed by atoms with Crippen molar-refractivity contribution in [3.63, 3.8) is 0 Å². The maximum absolute atomic E-state index is 12.7. The van der Waals surface area contributed by atoms with Crippen LogP contribution in [-0.2, 0) is 4.79 Å². The second kappa shape index (κ2) is 10.4. The molecule has 3 rings (SSSR count). The summed E-state index contributed by atoms with van der Waals surface area (Å²) in [6.07, 6.45) is 11.0. The van der Waals surface area contributed by atoms with Gasteiger partial charge >= 0.3 is 0 Å². The smallest absolute Gasteiger partial charge is 0.253 e. The van der Waals surface area contributed by atoms with Gasteiger partial charge in [0.2, 0.25) is 0 Å². The van der Waals surface area contributed by atoms with Crippen LogP contribution in [0.5, 0.6) is 0 Å². The number of fused-ring (bicyclic) bond motifs is 1. The summed E-state index contributed by atoms with van der Waals surface area (Å²) in [5, 5.41) is 3.19. The molecule has 3 atom stereocenters. The van der Waals surface area contributed by atoms with E-state index in [0.717, 1.165) is 27.1 Å². The number of hydrogen-bond acceptors (Lipinski definition) is 3. The van der Waals surface area contributed by atoms with E-state index in [0.29, 0.717) is 12.1 Å². The van der Waals surface area contributed by atoms with E-state index in [1.807, 2.05) is 6.07 Å². The van der Waals surface area contributed by atoms with Crippen molar-refractivity contribution in [3.8, 4) is 0 Å². The number of rotatable bonds is 10. The van der Waals surface area contributed by atoms with Crippen LogP contribution in [0.3, 0.4) is 0 Å². The summed E-state index contributed by atoms with van der Waals surface area (Å²) in [6.45, 7) is 9.01. The number of carbonyl (C=O) groups excluding carboxylic acids is 1. The Labute approximate surface area is 188 Å². The largest absolute Gasteiger partial charge is 0.345 e. The number of unbranched alkanes of at least 4 members (excludes halogenated alkanes) is 5. The summed E-state index contributed by atoms with van der Waals surface area (Å²) >= 11 is 5.18. The van der Waals surface area contributed by atoms with E-state index in [-0.39, 0.29) is 11.9 Å². The summed E-state index contributed by atoms with van der Waals surface area (Å²) in [7, 11) is 2.24. The van der Waals surface area contributed by atoms with Gasteiger partial charge in [0.05, 0.1) is 15.4 Å². The molecule has 0 radical (unpaired) electrons. The fourth-order valence-electron chi connectivity index (χ4n) is 4.69. The van der Waals surface area contributed by atoms with Gasteiger partial charge in [-0.3, -0.25) is 9.69 Å². The van der Waals surface area contributed by atoms with Gasteiger partial charge in [-0.2, -0.15) is 0 Å². The van der Waals surface area contributed by atoms with Gasteiger partial charge in [0.15, 0.2) is 0 Å². The molecule has 1 N–H and O–H groups in total. The zero-order valence-corrected chi connectivity index (χ0v) is 20.5. The van der Waals surface area contributed by atoms with Crippen LogP contribution in [0.1, 0.15) is 76.5 Å². The molecule has 0 bridgehead atoms. The molecule has 1 amide bonds. The first-order chi connectivity index (χ1) is 13.9. The zero-order chi connectivity index (χ0) is 21.0. The molecule has 1 saturated carbocycles. The molecule has 1 aliphatic heterocycles. The van der Waals surface area contributed by atoms with Crippen LogP contribution in [0.4, 0.5) is 0 Å². The quantitative estimate of drug-likeness (QED) is 0.305. The van der Waals surface area contributed by atoms with Gasteiger partial charge in [-0.25, -0.2) is 0 Å². The number of amides is 1. The Morgan fingerprint density at radius 1 is 1.24 bits per heavy atom. The van der Waals surface area contributed by atoms with Crippen molar-refractivity contribution in [1.82, 2.24) is 10.2 Å². The van der Waals surface area contributed by atoms with Crippen LogP contribution in [0, 0.1) is 0 Å². The van der Waals surface area contributed by atoms with Crippen molar-refractivity contribution in [1.29, 1.82) is 0 Å². The van der Waals surface area contributed by atoms with Crippen molar-refractivity contribution in [3.05, 3.63) is 38.5 Å². The average Bonchev–Trinajstić information content (AvgIpc) is 3.24. The molecule has 0 aromatic carbocycles. The number of hydrogen-bond donors (Lipinski definition) is 1. The Balaban J connectivity index is 1.65.